The maximum Gasteiger partial charge on any atom is 0.335 e. The summed E-state index contributed by atoms with van der Waals surface area (Å²) in [5.41, 5.74) is -0.743. The van der Waals surface area contributed by atoms with Crippen LogP contribution in [0.15, 0.2) is 70.5 Å². The van der Waals surface area contributed by atoms with Crippen molar-refractivity contribution in [2.75, 3.05) is 19.0 Å². The topological polar surface area (TPSA) is 133 Å². The van der Waals surface area contributed by atoms with Crippen LogP contribution in [0.25, 0.3) is 16.7 Å². The quantitative estimate of drug-likeness (QED) is 0.200. The minimum absolute atomic E-state index is 0.0732. The molecule has 0 spiro atoms. The average Bonchev–Trinajstić information content (AvgIpc) is 3.39. The van der Waals surface area contributed by atoms with E-state index in [0.29, 0.717) is 34.8 Å². The second-order valence-electron chi connectivity index (χ2n) is 11.0. The summed E-state index contributed by atoms with van der Waals surface area (Å²) in [4.78, 5) is 44.4. The molecule has 0 amide bonds. The lowest BCUT2D eigenvalue weighted by atomic mass is 9.92. The van der Waals surface area contributed by atoms with Gasteiger partial charge in [-0.15, -0.1) is 0 Å². The van der Waals surface area contributed by atoms with Crippen LogP contribution in [0.5, 0.6) is 11.5 Å². The highest BCUT2D eigenvalue weighted by atomic mass is 19.1. The van der Waals surface area contributed by atoms with E-state index in [2.05, 4.69) is 20.5 Å². The summed E-state index contributed by atoms with van der Waals surface area (Å²) in [6, 6.07) is 10.4. The molecule has 13 heteroatoms. The number of ketones is 1. The van der Waals surface area contributed by atoms with Crippen molar-refractivity contribution in [1.82, 2.24) is 24.3 Å². The Hall–Kier alpha value is -5.17. The smallest absolute Gasteiger partial charge is 0.335 e. The fraction of sp³-hybridized carbons (Fsp3) is 0.281. The van der Waals surface area contributed by atoms with E-state index >= 15 is 4.39 Å². The van der Waals surface area contributed by atoms with Gasteiger partial charge in [-0.1, -0.05) is 6.07 Å². The van der Waals surface area contributed by atoms with Crippen molar-refractivity contribution in [2.45, 2.75) is 44.7 Å². The van der Waals surface area contributed by atoms with Crippen LogP contribution in [0, 0.1) is 11.6 Å². The van der Waals surface area contributed by atoms with E-state index in [1.54, 1.807) is 13.2 Å². The van der Waals surface area contributed by atoms with E-state index in [9.17, 15) is 18.8 Å². The van der Waals surface area contributed by atoms with Crippen molar-refractivity contribution in [2.24, 2.45) is 0 Å². The zero-order chi connectivity index (χ0) is 31.7. The van der Waals surface area contributed by atoms with Gasteiger partial charge in [0, 0.05) is 44.1 Å². The van der Waals surface area contributed by atoms with E-state index in [0.717, 1.165) is 36.0 Å². The number of H-pyrrole nitrogens is 1. The molecule has 5 aromatic rings. The normalized spacial score (nSPS) is 13.9. The summed E-state index contributed by atoms with van der Waals surface area (Å²) in [7, 11) is 1.59. The first-order valence-corrected chi connectivity index (χ1v) is 14.5. The molecule has 1 fully saturated rings. The number of fused-ring (bicyclic) bond motifs is 1. The molecule has 11 nitrogen and oxygen atoms in total. The fourth-order valence-electron chi connectivity index (χ4n) is 5.28. The van der Waals surface area contributed by atoms with Gasteiger partial charge in [-0.05, 0) is 68.1 Å². The summed E-state index contributed by atoms with van der Waals surface area (Å²) in [5, 5.41) is 10.8. The maximum absolute atomic E-state index is 15.3. The minimum Gasteiger partial charge on any atom is -0.453 e. The average molecular weight is 617 g/mol. The van der Waals surface area contributed by atoms with Gasteiger partial charge in [-0.2, -0.15) is 5.10 Å². The van der Waals surface area contributed by atoms with Crippen LogP contribution in [0.3, 0.4) is 0 Å². The Labute approximate surface area is 255 Å². The third kappa shape index (κ3) is 5.98. The number of nitrogens with one attached hydrogen (secondary N) is 2. The van der Waals surface area contributed by atoms with Crippen molar-refractivity contribution in [3.8, 4) is 17.2 Å². The van der Waals surface area contributed by atoms with Crippen LogP contribution < -0.4 is 21.3 Å². The van der Waals surface area contributed by atoms with Gasteiger partial charge in [-0.25, -0.2) is 23.1 Å². The molecule has 1 aliphatic carbocycles. The second kappa shape index (κ2) is 12.4. The van der Waals surface area contributed by atoms with Crippen molar-refractivity contribution in [1.29, 1.82) is 0 Å². The monoisotopic (exact) mass is 616 g/mol. The molecule has 3 heterocycles. The van der Waals surface area contributed by atoms with Gasteiger partial charge in [-0.3, -0.25) is 19.3 Å². The Bertz CT molecular complexity index is 2000. The van der Waals surface area contributed by atoms with Gasteiger partial charge in [0.1, 0.15) is 22.5 Å². The van der Waals surface area contributed by atoms with E-state index in [1.807, 2.05) is 6.92 Å². The number of halogens is 2. The first-order chi connectivity index (χ1) is 21.7. The lowest BCUT2D eigenvalue weighted by Crippen LogP contribution is -2.43. The van der Waals surface area contributed by atoms with Crippen LogP contribution in [-0.2, 0) is 11.2 Å². The summed E-state index contributed by atoms with van der Waals surface area (Å²) < 4.78 is 42.3. The number of carbonyl (C=O) groups is 1. The van der Waals surface area contributed by atoms with Crippen LogP contribution >= 0.6 is 0 Å². The molecule has 0 bridgehead atoms. The highest BCUT2D eigenvalue weighted by Crippen LogP contribution is 2.34. The molecule has 1 atom stereocenters. The molecule has 232 valence electrons. The Morgan fingerprint density at radius 3 is 2.58 bits per heavy atom. The Morgan fingerprint density at radius 2 is 1.89 bits per heavy atom. The van der Waals surface area contributed by atoms with Crippen molar-refractivity contribution < 1.29 is 23.0 Å². The first kappa shape index (κ1) is 29.9. The molecule has 6 rings (SSSR count). The van der Waals surface area contributed by atoms with Gasteiger partial charge in [0.05, 0.1) is 12.3 Å². The third-order valence-electron chi connectivity index (χ3n) is 7.77. The van der Waals surface area contributed by atoms with Gasteiger partial charge in [0.2, 0.25) is 0 Å². The van der Waals surface area contributed by atoms with Gasteiger partial charge in [0.25, 0.3) is 5.56 Å². The fourth-order valence-corrected chi connectivity index (χ4v) is 5.28. The SMILES string of the molecule is COC[C@H](C)Nc1n[nH]c2nccc(Oc3ccc(CC(=O)c4cn(C5CCC5)c(=O)n(-c5ccc(F)cc5)c4=O)cc3F)c12. The Morgan fingerprint density at radius 1 is 1.11 bits per heavy atom. The molecule has 2 aromatic carbocycles. The number of hydrogen-bond donors (Lipinski definition) is 2. The molecule has 1 aliphatic rings. The van der Waals surface area contributed by atoms with E-state index in [4.69, 9.17) is 9.47 Å². The van der Waals surface area contributed by atoms with E-state index in [-0.39, 0.29) is 35.5 Å². The van der Waals surface area contributed by atoms with Crippen molar-refractivity contribution in [3.05, 3.63) is 105 Å². The number of ether oxygens (including phenoxy) is 2. The highest BCUT2D eigenvalue weighted by molar-refractivity contribution is 5.97. The molecular formula is C32H30F2N6O5. The highest BCUT2D eigenvalue weighted by Gasteiger charge is 2.26. The molecule has 45 heavy (non-hydrogen) atoms. The van der Waals surface area contributed by atoms with Crippen molar-refractivity contribution in [3.63, 3.8) is 0 Å². The predicted molar refractivity (Wildman–Crippen MR) is 163 cm³/mol. The number of pyridine rings is 1. The van der Waals surface area contributed by atoms with E-state index in [1.165, 1.54) is 47.3 Å². The number of methoxy groups -OCH3 is 1. The number of rotatable bonds is 11. The number of anilines is 1. The number of carbonyl (C=O) groups excluding carboxylic acids is 1. The number of aromatic nitrogens is 5. The zero-order valence-corrected chi connectivity index (χ0v) is 24.5. The Kier molecular flexibility index (Phi) is 8.26. The lowest BCUT2D eigenvalue weighted by molar-refractivity contribution is 0.0989. The maximum atomic E-state index is 15.3. The molecule has 0 unspecified atom stereocenters. The molecule has 0 saturated heterocycles. The number of nitrogens with zero attached hydrogens (tertiary/aromatic N) is 4. The second-order valence-corrected chi connectivity index (χ2v) is 11.0. The van der Waals surface area contributed by atoms with Crippen LogP contribution in [-0.4, -0.2) is 49.9 Å². The summed E-state index contributed by atoms with van der Waals surface area (Å²) in [5.74, 6) is -1.16. The number of aromatic amines is 1. The van der Waals surface area contributed by atoms with Gasteiger partial charge in [0.15, 0.2) is 28.8 Å². The summed E-state index contributed by atoms with van der Waals surface area (Å²) in [6.45, 7) is 2.35. The standard InChI is InChI=1S/C32H30F2N6O5/c1-18(17-44-2)36-30-28-27(12-13-35-29(28)37-38-30)45-26-11-6-19(14-24(26)34)15-25(41)23-16-39(21-4-3-5-21)32(43)40(31(23)42)22-9-7-20(33)8-10-22/h6-14,16,18,21H,3-5,15,17H2,1-2H3,(H2,35,36,37,38)/t18-/m0/s1. The largest absolute Gasteiger partial charge is 0.453 e. The van der Waals surface area contributed by atoms with Crippen molar-refractivity contribution >= 4 is 22.6 Å². The molecule has 2 N–H and O–H groups in total. The van der Waals surface area contributed by atoms with Crippen LogP contribution in [0.1, 0.15) is 48.1 Å². The molecule has 0 radical (unpaired) electrons. The number of benzene rings is 2. The predicted octanol–water partition coefficient (Wildman–Crippen LogP) is 4.94. The number of hydrogen-bond acceptors (Lipinski definition) is 8. The molecule has 0 aliphatic heterocycles. The Balaban J connectivity index is 1.27. The lowest BCUT2D eigenvalue weighted by Gasteiger charge is -2.28. The van der Waals surface area contributed by atoms with Gasteiger partial charge >= 0.3 is 5.69 Å². The molecule has 3 aromatic heterocycles. The summed E-state index contributed by atoms with van der Waals surface area (Å²) in [6.07, 6.45) is 4.88. The van der Waals surface area contributed by atoms with Crippen LogP contribution in [0.2, 0.25) is 0 Å². The van der Waals surface area contributed by atoms with E-state index < -0.39 is 28.7 Å². The van der Waals surface area contributed by atoms with Gasteiger partial charge < -0.3 is 14.8 Å². The summed E-state index contributed by atoms with van der Waals surface area (Å²) >= 11 is 0. The van der Waals surface area contributed by atoms with Crippen LogP contribution in [0.4, 0.5) is 14.6 Å². The minimum atomic E-state index is -0.821. The first-order valence-electron chi connectivity index (χ1n) is 14.5. The third-order valence-corrected chi connectivity index (χ3v) is 7.77. The zero-order valence-electron chi connectivity index (χ0n) is 24.5. The molecular weight excluding hydrogens is 586 g/mol. The molecule has 1 saturated carbocycles. The number of Topliss-reactive ketones (excluding diaryl/α,β-unsaturated/α-hetero) is 1.